The lowest BCUT2D eigenvalue weighted by Gasteiger charge is -2.14. The van der Waals surface area contributed by atoms with Crippen LogP contribution in [0.2, 0.25) is 4.34 Å². The van der Waals surface area contributed by atoms with E-state index < -0.39 is 31.4 Å². The van der Waals surface area contributed by atoms with Gasteiger partial charge in [0.05, 0.1) is 27.7 Å². The molecule has 0 bridgehead atoms. The fourth-order valence-electron chi connectivity index (χ4n) is 2.95. The molecule has 0 saturated heterocycles. The number of halogens is 1. The fourth-order valence-corrected chi connectivity index (χ4v) is 6.30. The third kappa shape index (κ3) is 5.09. The minimum absolute atomic E-state index is 0.00927. The molecule has 11 heteroatoms. The van der Waals surface area contributed by atoms with Crippen molar-refractivity contribution < 1.29 is 31.5 Å². The number of hydrogen-bond donors (Lipinski definition) is 1. The topological polar surface area (TPSA) is 115 Å². The highest BCUT2D eigenvalue weighted by Crippen LogP contribution is 2.36. The van der Waals surface area contributed by atoms with Crippen molar-refractivity contribution in [3.8, 4) is 16.2 Å². The first-order valence-electron chi connectivity index (χ1n) is 8.65. The second-order valence-electron chi connectivity index (χ2n) is 6.62. The zero-order chi connectivity index (χ0) is 23.0. The van der Waals surface area contributed by atoms with Crippen molar-refractivity contribution in [2.24, 2.45) is 0 Å². The molecular weight excluding hydrogens is 484 g/mol. The molecule has 0 aliphatic heterocycles. The lowest BCUT2D eigenvalue weighted by molar-refractivity contribution is 0.0696. The van der Waals surface area contributed by atoms with Crippen LogP contribution in [0.25, 0.3) is 10.4 Å². The molecule has 0 atom stereocenters. The van der Waals surface area contributed by atoms with Gasteiger partial charge in [-0.25, -0.2) is 21.6 Å². The molecule has 1 aromatic heterocycles. The van der Waals surface area contributed by atoms with Gasteiger partial charge in [-0.2, -0.15) is 0 Å². The molecular formula is C20H17ClO7S3. The van der Waals surface area contributed by atoms with Crippen molar-refractivity contribution >= 4 is 48.6 Å². The molecule has 0 saturated carbocycles. The van der Waals surface area contributed by atoms with Gasteiger partial charge in [-0.15, -0.1) is 11.3 Å². The molecule has 164 valence electrons. The zero-order valence-corrected chi connectivity index (χ0v) is 19.5. The van der Waals surface area contributed by atoms with Crippen LogP contribution in [0.3, 0.4) is 0 Å². The summed E-state index contributed by atoms with van der Waals surface area (Å²) in [6, 6.07) is 11.1. The van der Waals surface area contributed by atoms with Crippen LogP contribution in [0.4, 0.5) is 0 Å². The largest absolute Gasteiger partial charge is 0.495 e. The van der Waals surface area contributed by atoms with Crippen LogP contribution in [0, 0.1) is 0 Å². The van der Waals surface area contributed by atoms with Crippen molar-refractivity contribution in [1.82, 2.24) is 0 Å². The molecule has 0 fully saturated rings. The second kappa shape index (κ2) is 8.62. The SMILES string of the molecule is COc1ccc(C(=O)O)cc1S(=O)(=O)Cc1cc(S(C)(=O)=O)ccc1-c1ccc(Cl)s1. The van der Waals surface area contributed by atoms with Gasteiger partial charge in [0, 0.05) is 11.1 Å². The Morgan fingerprint density at radius 1 is 1.06 bits per heavy atom. The van der Waals surface area contributed by atoms with E-state index >= 15 is 0 Å². The summed E-state index contributed by atoms with van der Waals surface area (Å²) in [7, 11) is -6.42. The standard InChI is InChI=1S/C20H17ClO7S3/c1-28-16-6-3-12(20(22)23)10-18(16)31(26,27)11-13-9-14(30(2,24)25)4-5-15(13)17-7-8-19(21)29-17/h3-10H,11H2,1-2H3,(H,22,23). The number of methoxy groups -OCH3 is 1. The van der Waals surface area contributed by atoms with Gasteiger partial charge in [-0.1, -0.05) is 17.7 Å². The van der Waals surface area contributed by atoms with E-state index in [1.54, 1.807) is 12.1 Å². The average Bonchev–Trinajstić information content (AvgIpc) is 3.12. The van der Waals surface area contributed by atoms with Crippen LogP contribution >= 0.6 is 22.9 Å². The van der Waals surface area contributed by atoms with Gasteiger partial charge in [-0.3, -0.25) is 0 Å². The van der Waals surface area contributed by atoms with Crippen molar-refractivity contribution in [3.63, 3.8) is 0 Å². The number of sulfone groups is 2. The maximum absolute atomic E-state index is 13.3. The summed E-state index contributed by atoms with van der Waals surface area (Å²) in [5.41, 5.74) is 0.542. The molecule has 3 aromatic rings. The monoisotopic (exact) mass is 500 g/mol. The van der Waals surface area contributed by atoms with Gasteiger partial charge in [0.1, 0.15) is 10.6 Å². The fraction of sp³-hybridized carbons (Fsp3) is 0.150. The highest BCUT2D eigenvalue weighted by atomic mass is 35.5. The smallest absolute Gasteiger partial charge is 0.335 e. The molecule has 1 N–H and O–H groups in total. The van der Waals surface area contributed by atoms with Crippen molar-refractivity contribution in [1.29, 1.82) is 0 Å². The van der Waals surface area contributed by atoms with Gasteiger partial charge >= 0.3 is 5.97 Å². The minimum atomic E-state index is -4.11. The number of carbonyl (C=O) groups is 1. The quantitative estimate of drug-likeness (QED) is 0.518. The maximum Gasteiger partial charge on any atom is 0.335 e. The Balaban J connectivity index is 2.18. The summed E-state index contributed by atoms with van der Waals surface area (Å²) >= 11 is 7.24. The molecule has 3 rings (SSSR count). The first kappa shape index (κ1) is 23.3. The molecule has 1 heterocycles. The van der Waals surface area contributed by atoms with Crippen LogP contribution in [0.1, 0.15) is 15.9 Å². The molecule has 0 radical (unpaired) electrons. The normalized spacial score (nSPS) is 12.0. The highest BCUT2D eigenvalue weighted by Gasteiger charge is 2.25. The number of rotatable bonds is 7. The van der Waals surface area contributed by atoms with Crippen LogP contribution < -0.4 is 4.74 Å². The Labute approximate surface area is 188 Å². The number of hydrogen-bond acceptors (Lipinski definition) is 7. The average molecular weight is 501 g/mol. The van der Waals surface area contributed by atoms with Gasteiger partial charge in [0.25, 0.3) is 0 Å². The van der Waals surface area contributed by atoms with Gasteiger partial charge in [-0.05, 0) is 53.6 Å². The molecule has 7 nitrogen and oxygen atoms in total. The Morgan fingerprint density at radius 3 is 2.32 bits per heavy atom. The summed E-state index contributed by atoms with van der Waals surface area (Å²) in [5.74, 6) is -1.86. The summed E-state index contributed by atoms with van der Waals surface area (Å²) in [6.45, 7) is 0. The van der Waals surface area contributed by atoms with E-state index in [2.05, 4.69) is 0 Å². The van der Waals surface area contributed by atoms with Crippen molar-refractivity contribution in [2.75, 3.05) is 13.4 Å². The second-order valence-corrected chi connectivity index (χ2v) is 12.3. The first-order valence-corrected chi connectivity index (χ1v) is 13.4. The molecule has 31 heavy (non-hydrogen) atoms. The van der Waals surface area contributed by atoms with E-state index in [1.165, 1.54) is 48.8 Å². The van der Waals surface area contributed by atoms with Crippen LogP contribution in [-0.4, -0.2) is 41.3 Å². The van der Waals surface area contributed by atoms with Gasteiger partial charge in [0.15, 0.2) is 19.7 Å². The van der Waals surface area contributed by atoms with Gasteiger partial charge < -0.3 is 9.84 Å². The number of carboxylic acids is 1. The number of ether oxygens (including phenoxy) is 1. The minimum Gasteiger partial charge on any atom is -0.495 e. The van der Waals surface area contributed by atoms with Crippen molar-refractivity contribution in [3.05, 3.63) is 64.0 Å². The Kier molecular flexibility index (Phi) is 6.47. The summed E-state index contributed by atoms with van der Waals surface area (Å²) in [5, 5.41) is 9.24. The molecule has 2 aromatic carbocycles. The van der Waals surface area contributed by atoms with E-state index in [0.29, 0.717) is 14.8 Å². The molecule has 0 aliphatic rings. The summed E-state index contributed by atoms with van der Waals surface area (Å²) in [4.78, 5) is 11.7. The molecule has 0 aliphatic carbocycles. The van der Waals surface area contributed by atoms with Crippen LogP contribution in [-0.2, 0) is 25.4 Å². The number of benzene rings is 2. The molecule has 0 spiro atoms. The third-order valence-corrected chi connectivity index (χ3v) is 8.49. The Bertz CT molecular complexity index is 1370. The maximum atomic E-state index is 13.3. The Morgan fingerprint density at radius 2 is 1.77 bits per heavy atom. The van der Waals surface area contributed by atoms with Gasteiger partial charge in [0.2, 0.25) is 0 Å². The van der Waals surface area contributed by atoms with Crippen molar-refractivity contribution in [2.45, 2.75) is 15.5 Å². The molecule has 0 amide bonds. The first-order chi connectivity index (χ1) is 14.4. The van der Waals surface area contributed by atoms with E-state index in [9.17, 15) is 26.7 Å². The lowest BCUT2D eigenvalue weighted by atomic mass is 10.1. The van der Waals surface area contributed by atoms with E-state index in [4.69, 9.17) is 16.3 Å². The predicted octanol–water partition coefficient (Wildman–Crippen LogP) is 4.15. The Hall–Kier alpha value is -2.40. The molecule has 0 unspecified atom stereocenters. The zero-order valence-electron chi connectivity index (χ0n) is 16.3. The number of aromatic carboxylic acids is 1. The number of carboxylic acid groups (broad SMARTS) is 1. The highest BCUT2D eigenvalue weighted by molar-refractivity contribution is 7.91. The van der Waals surface area contributed by atoms with Crippen LogP contribution in [0.15, 0.2) is 58.3 Å². The predicted molar refractivity (Wildman–Crippen MR) is 119 cm³/mol. The third-order valence-electron chi connectivity index (χ3n) is 4.43. The summed E-state index contributed by atoms with van der Waals surface area (Å²) in [6.07, 6.45) is 1.03. The summed E-state index contributed by atoms with van der Waals surface area (Å²) < 4.78 is 56.2. The lowest BCUT2D eigenvalue weighted by Crippen LogP contribution is -2.10. The van der Waals surface area contributed by atoms with E-state index in [0.717, 1.165) is 12.3 Å². The van der Waals surface area contributed by atoms with E-state index in [1.807, 2.05) is 0 Å². The van der Waals surface area contributed by atoms with Crippen LogP contribution in [0.5, 0.6) is 5.75 Å². The number of thiophene rings is 1. The van der Waals surface area contributed by atoms with E-state index in [-0.39, 0.29) is 26.7 Å².